The Labute approximate surface area is 159 Å². The van der Waals surface area contributed by atoms with Crippen LogP contribution in [0.15, 0.2) is 65.7 Å². The van der Waals surface area contributed by atoms with Gasteiger partial charge in [-0.25, -0.2) is 4.98 Å². The molecule has 1 saturated heterocycles. The van der Waals surface area contributed by atoms with Crippen molar-refractivity contribution in [2.75, 3.05) is 18.0 Å². The molecule has 1 aromatic carbocycles. The van der Waals surface area contributed by atoms with E-state index in [9.17, 15) is 4.79 Å². The second-order valence-corrected chi connectivity index (χ2v) is 7.14. The van der Waals surface area contributed by atoms with Crippen molar-refractivity contribution in [3.8, 4) is 11.3 Å². The third kappa shape index (κ3) is 4.42. The van der Waals surface area contributed by atoms with Crippen molar-refractivity contribution in [2.24, 2.45) is 5.92 Å². The van der Waals surface area contributed by atoms with Gasteiger partial charge in [0.05, 0.1) is 5.69 Å². The number of rotatable bonds is 5. The maximum atomic E-state index is 12.1. The number of aromatic amines is 1. The lowest BCUT2D eigenvalue weighted by atomic mass is 9.90. The Morgan fingerprint density at radius 1 is 1.04 bits per heavy atom. The molecular formula is C22H24N4O. The largest absolute Gasteiger partial charge is 0.342 e. The molecule has 0 amide bonds. The first-order valence-corrected chi connectivity index (χ1v) is 9.58. The zero-order valence-electron chi connectivity index (χ0n) is 15.3. The van der Waals surface area contributed by atoms with Crippen LogP contribution in [0.25, 0.3) is 11.3 Å². The number of H-pyrrole nitrogens is 1. The molecule has 27 heavy (non-hydrogen) atoms. The van der Waals surface area contributed by atoms with Crippen molar-refractivity contribution in [1.82, 2.24) is 15.0 Å². The third-order valence-corrected chi connectivity index (χ3v) is 5.30. The van der Waals surface area contributed by atoms with Gasteiger partial charge in [0, 0.05) is 37.1 Å². The van der Waals surface area contributed by atoms with Gasteiger partial charge < -0.3 is 4.90 Å². The highest BCUT2D eigenvalue weighted by Gasteiger charge is 2.21. The van der Waals surface area contributed by atoms with Crippen LogP contribution in [0.3, 0.4) is 0 Å². The lowest BCUT2D eigenvalue weighted by Crippen LogP contribution is -2.36. The first-order chi connectivity index (χ1) is 13.3. The van der Waals surface area contributed by atoms with Crippen molar-refractivity contribution in [1.29, 1.82) is 0 Å². The van der Waals surface area contributed by atoms with Crippen LogP contribution in [-0.2, 0) is 6.42 Å². The highest BCUT2D eigenvalue weighted by molar-refractivity contribution is 5.59. The maximum Gasteiger partial charge on any atom is 0.252 e. The first kappa shape index (κ1) is 17.5. The van der Waals surface area contributed by atoms with Crippen molar-refractivity contribution in [3.63, 3.8) is 0 Å². The molecule has 0 bridgehead atoms. The molecule has 3 aromatic rings. The number of pyridine rings is 1. The van der Waals surface area contributed by atoms with Crippen LogP contribution in [0, 0.1) is 5.92 Å². The van der Waals surface area contributed by atoms with E-state index in [1.165, 1.54) is 12.0 Å². The summed E-state index contributed by atoms with van der Waals surface area (Å²) in [7, 11) is 0. The molecule has 5 heteroatoms. The van der Waals surface area contributed by atoms with Crippen LogP contribution < -0.4 is 10.5 Å². The summed E-state index contributed by atoms with van der Waals surface area (Å²) >= 11 is 0. The molecular weight excluding hydrogens is 336 g/mol. The Morgan fingerprint density at radius 3 is 2.52 bits per heavy atom. The van der Waals surface area contributed by atoms with Crippen LogP contribution in [0.4, 0.5) is 5.95 Å². The topological polar surface area (TPSA) is 61.9 Å². The van der Waals surface area contributed by atoms with E-state index < -0.39 is 0 Å². The number of hydrogen-bond donors (Lipinski definition) is 1. The molecule has 0 radical (unpaired) electrons. The Balaban J connectivity index is 1.39. The minimum absolute atomic E-state index is 0.113. The van der Waals surface area contributed by atoms with Gasteiger partial charge in [-0.1, -0.05) is 30.3 Å². The van der Waals surface area contributed by atoms with Crippen LogP contribution >= 0.6 is 0 Å². The molecule has 0 atom stereocenters. The fourth-order valence-corrected chi connectivity index (χ4v) is 3.71. The molecule has 5 nitrogen and oxygen atoms in total. The minimum Gasteiger partial charge on any atom is -0.342 e. The van der Waals surface area contributed by atoms with Gasteiger partial charge in [-0.2, -0.15) is 0 Å². The van der Waals surface area contributed by atoms with Gasteiger partial charge in [0.15, 0.2) is 0 Å². The highest BCUT2D eigenvalue weighted by Crippen LogP contribution is 2.25. The van der Waals surface area contributed by atoms with E-state index in [1.54, 1.807) is 18.5 Å². The maximum absolute atomic E-state index is 12.1. The van der Waals surface area contributed by atoms with E-state index in [-0.39, 0.29) is 5.56 Å². The van der Waals surface area contributed by atoms with Crippen molar-refractivity contribution >= 4 is 5.95 Å². The normalized spacial score (nSPS) is 15.0. The summed E-state index contributed by atoms with van der Waals surface area (Å²) in [4.78, 5) is 25.9. The van der Waals surface area contributed by atoms with Crippen LogP contribution in [-0.4, -0.2) is 28.0 Å². The molecule has 0 saturated carbocycles. The highest BCUT2D eigenvalue weighted by atomic mass is 16.1. The van der Waals surface area contributed by atoms with Gasteiger partial charge in [0.25, 0.3) is 5.56 Å². The molecule has 1 aliphatic rings. The van der Waals surface area contributed by atoms with E-state index in [0.29, 0.717) is 11.6 Å². The number of aryl methyl sites for hydroxylation is 1. The SMILES string of the molecule is O=c1cc(-c2ccncc2)nc(N2CCC(CCc3ccccc3)CC2)[nH]1. The van der Waals surface area contributed by atoms with E-state index in [1.807, 2.05) is 12.1 Å². The number of aromatic nitrogens is 3. The number of anilines is 1. The van der Waals surface area contributed by atoms with E-state index in [2.05, 4.69) is 50.2 Å². The van der Waals surface area contributed by atoms with Crippen molar-refractivity contribution < 1.29 is 0 Å². The van der Waals surface area contributed by atoms with Gasteiger partial charge in [-0.15, -0.1) is 0 Å². The average molecular weight is 360 g/mol. The van der Waals surface area contributed by atoms with Crippen LogP contribution in [0.2, 0.25) is 0 Å². The van der Waals surface area contributed by atoms with E-state index in [0.717, 1.165) is 43.8 Å². The molecule has 1 aliphatic heterocycles. The second-order valence-electron chi connectivity index (χ2n) is 7.14. The molecule has 0 spiro atoms. The molecule has 138 valence electrons. The average Bonchev–Trinajstić information content (AvgIpc) is 2.73. The molecule has 4 rings (SSSR count). The molecule has 3 heterocycles. The van der Waals surface area contributed by atoms with Gasteiger partial charge >= 0.3 is 0 Å². The summed E-state index contributed by atoms with van der Waals surface area (Å²) in [5.74, 6) is 1.41. The number of piperidine rings is 1. The number of benzene rings is 1. The third-order valence-electron chi connectivity index (χ3n) is 5.30. The smallest absolute Gasteiger partial charge is 0.252 e. The van der Waals surface area contributed by atoms with Crippen molar-refractivity contribution in [3.05, 3.63) is 76.8 Å². The minimum atomic E-state index is -0.113. The Kier molecular flexibility index (Phi) is 5.28. The van der Waals surface area contributed by atoms with Gasteiger partial charge in [0.1, 0.15) is 0 Å². The summed E-state index contributed by atoms with van der Waals surface area (Å²) in [6.07, 6.45) is 8.06. The summed E-state index contributed by atoms with van der Waals surface area (Å²) in [5, 5.41) is 0. The quantitative estimate of drug-likeness (QED) is 0.754. The summed E-state index contributed by atoms with van der Waals surface area (Å²) < 4.78 is 0. The van der Waals surface area contributed by atoms with Gasteiger partial charge in [0.2, 0.25) is 5.95 Å². The molecule has 0 unspecified atom stereocenters. The van der Waals surface area contributed by atoms with E-state index in [4.69, 9.17) is 0 Å². The van der Waals surface area contributed by atoms with Crippen molar-refractivity contribution in [2.45, 2.75) is 25.7 Å². The molecule has 0 aliphatic carbocycles. The summed E-state index contributed by atoms with van der Waals surface area (Å²) in [6.45, 7) is 1.87. The molecule has 2 aromatic heterocycles. The lowest BCUT2D eigenvalue weighted by molar-refractivity contribution is 0.379. The Morgan fingerprint density at radius 2 is 1.78 bits per heavy atom. The summed E-state index contributed by atoms with van der Waals surface area (Å²) in [6, 6.07) is 16.0. The van der Waals surface area contributed by atoms with E-state index >= 15 is 0 Å². The van der Waals surface area contributed by atoms with Gasteiger partial charge in [-0.3, -0.25) is 14.8 Å². The van der Waals surface area contributed by atoms with Crippen LogP contribution in [0.5, 0.6) is 0 Å². The first-order valence-electron chi connectivity index (χ1n) is 9.58. The predicted octanol–water partition coefficient (Wildman–Crippen LogP) is 3.68. The van der Waals surface area contributed by atoms with Crippen LogP contribution in [0.1, 0.15) is 24.8 Å². The Hall–Kier alpha value is -2.95. The lowest BCUT2D eigenvalue weighted by Gasteiger charge is -2.32. The Bertz CT molecular complexity index is 916. The van der Waals surface area contributed by atoms with Gasteiger partial charge in [-0.05, 0) is 49.3 Å². The molecule has 1 fully saturated rings. The monoisotopic (exact) mass is 360 g/mol. The number of hydrogen-bond acceptors (Lipinski definition) is 4. The fraction of sp³-hybridized carbons (Fsp3) is 0.318. The zero-order chi connectivity index (χ0) is 18.5. The number of nitrogens with one attached hydrogen (secondary N) is 1. The molecule has 1 N–H and O–H groups in total. The summed E-state index contributed by atoms with van der Waals surface area (Å²) in [5.41, 5.74) is 2.91. The fourth-order valence-electron chi connectivity index (χ4n) is 3.71. The second kappa shape index (κ2) is 8.16. The predicted molar refractivity (Wildman–Crippen MR) is 108 cm³/mol. The standard InChI is InChI=1S/C22H24N4O/c27-21-16-20(19-8-12-23-13-9-19)24-22(25-21)26-14-10-18(11-15-26)7-6-17-4-2-1-3-5-17/h1-5,8-9,12-13,16,18H,6-7,10-11,14-15H2,(H,24,25,27). The number of nitrogens with zero attached hydrogens (tertiary/aromatic N) is 3. The zero-order valence-corrected chi connectivity index (χ0v) is 15.3.